The number of esters is 1. The summed E-state index contributed by atoms with van der Waals surface area (Å²) in [5, 5.41) is 2.95. The number of aryl methyl sites for hydroxylation is 1. The summed E-state index contributed by atoms with van der Waals surface area (Å²) in [6.07, 6.45) is 8.96. The van der Waals surface area contributed by atoms with Crippen LogP contribution in [0.1, 0.15) is 46.0 Å². The number of unbranched alkanes of at least 4 members (excludes halogenated alkanes) is 1. The van der Waals surface area contributed by atoms with Gasteiger partial charge in [0.2, 0.25) is 0 Å². The standard InChI is InChI=1S/C24H25N5O3/c1-4-5-10-25-23(30)17-7-6-16(2)19(11-17)20-14-28(15-27-20)22-12-26-21-9-8-18(13-29(21)22)24(31)32-3/h6-9,11-15H,4-5,10H2,1-3H3,(H,25,30). The molecule has 4 rings (SSSR count). The molecule has 8 nitrogen and oxygen atoms in total. The van der Waals surface area contributed by atoms with E-state index in [1.165, 1.54) is 7.11 Å². The summed E-state index contributed by atoms with van der Waals surface area (Å²) in [7, 11) is 1.35. The minimum Gasteiger partial charge on any atom is -0.465 e. The van der Waals surface area contributed by atoms with Crippen molar-refractivity contribution < 1.29 is 14.3 Å². The van der Waals surface area contributed by atoms with Gasteiger partial charge in [0.15, 0.2) is 0 Å². The first-order valence-corrected chi connectivity index (χ1v) is 10.5. The summed E-state index contributed by atoms with van der Waals surface area (Å²) in [4.78, 5) is 33.4. The van der Waals surface area contributed by atoms with Gasteiger partial charge in [0.25, 0.3) is 5.91 Å². The molecule has 0 bridgehead atoms. The van der Waals surface area contributed by atoms with Crippen molar-refractivity contribution in [2.24, 2.45) is 0 Å². The SMILES string of the molecule is CCCCNC(=O)c1ccc(C)c(-c2cn(-c3cnc4ccc(C(=O)OC)cn34)cn2)c1. The molecule has 0 atom stereocenters. The van der Waals surface area contributed by atoms with Gasteiger partial charge in [-0.2, -0.15) is 0 Å². The molecule has 0 saturated carbocycles. The van der Waals surface area contributed by atoms with Crippen molar-refractivity contribution in [1.82, 2.24) is 24.3 Å². The third-order valence-corrected chi connectivity index (χ3v) is 5.35. The Morgan fingerprint density at radius 3 is 2.69 bits per heavy atom. The normalized spacial score (nSPS) is 11.0. The maximum Gasteiger partial charge on any atom is 0.339 e. The predicted molar refractivity (Wildman–Crippen MR) is 121 cm³/mol. The first kappa shape index (κ1) is 21.3. The van der Waals surface area contributed by atoms with Gasteiger partial charge < -0.3 is 10.1 Å². The molecule has 0 fully saturated rings. The Morgan fingerprint density at radius 2 is 1.91 bits per heavy atom. The van der Waals surface area contributed by atoms with E-state index in [4.69, 9.17) is 4.74 Å². The highest BCUT2D eigenvalue weighted by Gasteiger charge is 2.14. The average Bonchev–Trinajstić information content (AvgIpc) is 3.45. The lowest BCUT2D eigenvalue weighted by atomic mass is 10.0. The number of hydrogen-bond donors (Lipinski definition) is 1. The van der Waals surface area contributed by atoms with E-state index >= 15 is 0 Å². The first-order valence-electron chi connectivity index (χ1n) is 10.5. The fourth-order valence-corrected chi connectivity index (χ4v) is 3.50. The zero-order valence-corrected chi connectivity index (χ0v) is 18.3. The number of imidazole rings is 2. The van der Waals surface area contributed by atoms with Gasteiger partial charge in [-0.15, -0.1) is 0 Å². The molecule has 0 aliphatic carbocycles. The van der Waals surface area contributed by atoms with Crippen LogP contribution >= 0.6 is 0 Å². The van der Waals surface area contributed by atoms with Gasteiger partial charge in [-0.25, -0.2) is 14.8 Å². The van der Waals surface area contributed by atoms with Gasteiger partial charge in [-0.05, 0) is 43.2 Å². The summed E-state index contributed by atoms with van der Waals surface area (Å²) in [5.41, 5.74) is 4.38. The van der Waals surface area contributed by atoms with Crippen LogP contribution in [0.4, 0.5) is 0 Å². The minimum atomic E-state index is -0.414. The lowest BCUT2D eigenvalue weighted by Crippen LogP contribution is -2.24. The van der Waals surface area contributed by atoms with Crippen LogP contribution in [0.3, 0.4) is 0 Å². The van der Waals surface area contributed by atoms with Crippen molar-refractivity contribution in [3.8, 4) is 17.1 Å². The molecule has 32 heavy (non-hydrogen) atoms. The molecule has 0 radical (unpaired) electrons. The molecule has 164 valence electrons. The number of aromatic nitrogens is 4. The maximum absolute atomic E-state index is 12.5. The Labute approximate surface area is 185 Å². The van der Waals surface area contributed by atoms with Crippen LogP contribution in [0, 0.1) is 6.92 Å². The zero-order chi connectivity index (χ0) is 22.7. The number of carbonyl (C=O) groups is 2. The van der Waals surface area contributed by atoms with E-state index in [9.17, 15) is 9.59 Å². The maximum atomic E-state index is 12.5. The third kappa shape index (κ3) is 4.12. The fraction of sp³-hybridized carbons (Fsp3) is 0.250. The van der Waals surface area contributed by atoms with Crippen molar-refractivity contribution in [2.75, 3.05) is 13.7 Å². The predicted octanol–water partition coefficient (Wildman–Crippen LogP) is 3.81. The molecule has 1 aromatic carbocycles. The fourth-order valence-electron chi connectivity index (χ4n) is 3.50. The second-order valence-electron chi connectivity index (χ2n) is 7.56. The smallest absolute Gasteiger partial charge is 0.339 e. The number of ether oxygens (including phenoxy) is 1. The second kappa shape index (κ2) is 9.05. The van der Waals surface area contributed by atoms with Crippen LogP contribution in [0.2, 0.25) is 0 Å². The molecule has 0 saturated heterocycles. The van der Waals surface area contributed by atoms with Crippen LogP contribution < -0.4 is 5.32 Å². The summed E-state index contributed by atoms with van der Waals surface area (Å²) in [6, 6.07) is 9.07. The molecule has 0 spiro atoms. The van der Waals surface area contributed by atoms with E-state index in [1.54, 1.807) is 30.9 Å². The number of pyridine rings is 1. The van der Waals surface area contributed by atoms with Crippen LogP contribution in [0.5, 0.6) is 0 Å². The van der Waals surface area contributed by atoms with Crippen LogP contribution in [-0.4, -0.2) is 44.5 Å². The van der Waals surface area contributed by atoms with Crippen LogP contribution in [0.15, 0.2) is 55.2 Å². The van der Waals surface area contributed by atoms with Crippen LogP contribution in [-0.2, 0) is 4.74 Å². The van der Waals surface area contributed by atoms with Crippen LogP contribution in [0.25, 0.3) is 22.7 Å². The number of hydrogen-bond acceptors (Lipinski definition) is 5. The van der Waals surface area contributed by atoms with Gasteiger partial charge in [-0.1, -0.05) is 19.4 Å². The molecule has 1 amide bonds. The molecule has 3 aromatic heterocycles. The van der Waals surface area contributed by atoms with Crippen molar-refractivity contribution in [3.63, 3.8) is 0 Å². The molecule has 4 aromatic rings. The van der Waals surface area contributed by atoms with Crippen molar-refractivity contribution in [1.29, 1.82) is 0 Å². The number of carbonyl (C=O) groups excluding carboxylic acids is 2. The van der Waals surface area contributed by atoms with E-state index in [2.05, 4.69) is 22.2 Å². The van der Waals surface area contributed by atoms with Crippen molar-refractivity contribution >= 4 is 17.5 Å². The molecule has 1 N–H and O–H groups in total. The first-order chi connectivity index (χ1) is 15.5. The summed E-state index contributed by atoms with van der Waals surface area (Å²) < 4.78 is 8.46. The minimum absolute atomic E-state index is 0.0868. The number of fused-ring (bicyclic) bond motifs is 1. The summed E-state index contributed by atoms with van der Waals surface area (Å²) >= 11 is 0. The monoisotopic (exact) mass is 431 g/mol. The number of nitrogens with zero attached hydrogens (tertiary/aromatic N) is 4. The largest absolute Gasteiger partial charge is 0.465 e. The van der Waals surface area contributed by atoms with Crippen molar-refractivity contribution in [3.05, 3.63) is 71.9 Å². The van der Waals surface area contributed by atoms with E-state index in [-0.39, 0.29) is 5.91 Å². The van der Waals surface area contributed by atoms with E-state index in [0.29, 0.717) is 23.3 Å². The number of methoxy groups -OCH3 is 1. The molecule has 8 heteroatoms. The molecule has 0 aliphatic rings. The Hall–Kier alpha value is -3.94. The summed E-state index contributed by atoms with van der Waals surface area (Å²) in [6.45, 7) is 4.74. The Balaban J connectivity index is 1.67. The quantitative estimate of drug-likeness (QED) is 0.355. The second-order valence-corrected chi connectivity index (χ2v) is 7.56. The molecule has 0 unspecified atom stereocenters. The molecular formula is C24H25N5O3. The highest BCUT2D eigenvalue weighted by Crippen LogP contribution is 2.25. The molecule has 3 heterocycles. The number of rotatable bonds is 7. The average molecular weight is 431 g/mol. The Kier molecular flexibility index (Phi) is 6.02. The lowest BCUT2D eigenvalue weighted by Gasteiger charge is -2.08. The molecular weight excluding hydrogens is 406 g/mol. The van der Waals surface area contributed by atoms with Gasteiger partial charge >= 0.3 is 5.97 Å². The van der Waals surface area contributed by atoms with Gasteiger partial charge in [0, 0.05) is 30.1 Å². The lowest BCUT2D eigenvalue weighted by molar-refractivity contribution is 0.0600. The van der Waals surface area contributed by atoms with Gasteiger partial charge in [0.1, 0.15) is 17.8 Å². The number of benzene rings is 1. The zero-order valence-electron chi connectivity index (χ0n) is 18.3. The number of amides is 1. The highest BCUT2D eigenvalue weighted by atomic mass is 16.5. The topological polar surface area (TPSA) is 90.5 Å². The van der Waals surface area contributed by atoms with Gasteiger partial charge in [-0.3, -0.25) is 13.8 Å². The van der Waals surface area contributed by atoms with E-state index < -0.39 is 5.97 Å². The number of nitrogens with one attached hydrogen (secondary N) is 1. The Bertz CT molecular complexity index is 1290. The highest BCUT2D eigenvalue weighted by molar-refractivity contribution is 5.95. The van der Waals surface area contributed by atoms with E-state index in [1.807, 2.05) is 40.3 Å². The molecule has 0 aliphatic heterocycles. The van der Waals surface area contributed by atoms with E-state index in [0.717, 1.165) is 35.5 Å². The van der Waals surface area contributed by atoms with Crippen molar-refractivity contribution in [2.45, 2.75) is 26.7 Å². The third-order valence-electron chi connectivity index (χ3n) is 5.35. The van der Waals surface area contributed by atoms with Gasteiger partial charge in [0.05, 0.1) is 24.6 Å². The summed E-state index contributed by atoms with van der Waals surface area (Å²) in [5.74, 6) is 0.231. The Morgan fingerprint density at radius 1 is 1.09 bits per heavy atom.